The molecule has 28 heavy (non-hydrogen) atoms. The SMILES string of the molecule is N#Cc1ccc(C(=O)Cc2ccc(F)c([C@@]34CCO[C@@H]3COC(N)=N4)c2)nc1. The number of benzene rings is 1. The molecular weight excluding hydrogens is 363 g/mol. The van der Waals surface area contributed by atoms with Crippen molar-refractivity contribution < 1.29 is 18.7 Å². The highest BCUT2D eigenvalue weighted by molar-refractivity contribution is 5.95. The fourth-order valence-corrected chi connectivity index (χ4v) is 3.64. The van der Waals surface area contributed by atoms with Crippen LogP contribution in [0.2, 0.25) is 0 Å². The van der Waals surface area contributed by atoms with Crippen LogP contribution < -0.4 is 5.73 Å². The number of amidine groups is 1. The van der Waals surface area contributed by atoms with E-state index in [1.807, 2.05) is 6.07 Å². The molecule has 8 heteroatoms. The molecule has 3 heterocycles. The van der Waals surface area contributed by atoms with E-state index in [-0.39, 0.29) is 30.5 Å². The first-order valence-electron chi connectivity index (χ1n) is 8.80. The molecule has 0 saturated carbocycles. The smallest absolute Gasteiger partial charge is 0.283 e. The predicted octanol–water partition coefficient (Wildman–Crippen LogP) is 1.85. The van der Waals surface area contributed by atoms with E-state index in [4.69, 9.17) is 20.5 Å². The van der Waals surface area contributed by atoms with Gasteiger partial charge >= 0.3 is 0 Å². The molecule has 1 aromatic carbocycles. The van der Waals surface area contributed by atoms with E-state index in [2.05, 4.69) is 9.98 Å². The summed E-state index contributed by atoms with van der Waals surface area (Å²) in [6, 6.07) is 9.54. The minimum atomic E-state index is -0.946. The van der Waals surface area contributed by atoms with Crippen LogP contribution in [0.3, 0.4) is 0 Å². The summed E-state index contributed by atoms with van der Waals surface area (Å²) in [6.45, 7) is 0.621. The fraction of sp³-hybridized carbons (Fsp3) is 0.300. The lowest BCUT2D eigenvalue weighted by molar-refractivity contribution is 0.0208. The number of ketones is 1. The van der Waals surface area contributed by atoms with Gasteiger partial charge in [0.1, 0.15) is 35.8 Å². The van der Waals surface area contributed by atoms with Crippen LogP contribution in [0.1, 0.15) is 33.6 Å². The molecular formula is C20H17FN4O3. The van der Waals surface area contributed by atoms with Gasteiger partial charge in [0.2, 0.25) is 0 Å². The Hall–Kier alpha value is -3.31. The number of ether oxygens (including phenoxy) is 2. The molecule has 2 atom stereocenters. The summed E-state index contributed by atoms with van der Waals surface area (Å²) in [7, 11) is 0. The maximum absolute atomic E-state index is 14.7. The first-order valence-corrected chi connectivity index (χ1v) is 8.80. The number of nitrogens with zero attached hydrogens (tertiary/aromatic N) is 3. The Labute approximate surface area is 160 Å². The fourth-order valence-electron chi connectivity index (χ4n) is 3.64. The molecule has 2 aliphatic heterocycles. The summed E-state index contributed by atoms with van der Waals surface area (Å²) in [5, 5.41) is 8.83. The van der Waals surface area contributed by atoms with Crippen molar-refractivity contribution in [3.63, 3.8) is 0 Å². The number of rotatable bonds is 4. The molecule has 0 unspecified atom stereocenters. The molecule has 7 nitrogen and oxygen atoms in total. The molecule has 0 amide bonds. The van der Waals surface area contributed by atoms with E-state index in [0.29, 0.717) is 29.7 Å². The van der Waals surface area contributed by atoms with Gasteiger partial charge in [0.25, 0.3) is 6.02 Å². The molecule has 1 aromatic heterocycles. The maximum atomic E-state index is 14.7. The van der Waals surface area contributed by atoms with Gasteiger partial charge in [0, 0.05) is 24.6 Å². The third kappa shape index (κ3) is 3.10. The molecule has 1 fully saturated rings. The summed E-state index contributed by atoms with van der Waals surface area (Å²) >= 11 is 0. The number of halogens is 1. The Morgan fingerprint density at radius 2 is 2.25 bits per heavy atom. The number of fused-ring (bicyclic) bond motifs is 1. The van der Waals surface area contributed by atoms with Crippen LogP contribution in [-0.4, -0.2) is 36.1 Å². The molecule has 2 aromatic rings. The van der Waals surface area contributed by atoms with E-state index in [1.165, 1.54) is 24.4 Å². The summed E-state index contributed by atoms with van der Waals surface area (Å²) < 4.78 is 25.6. The molecule has 0 radical (unpaired) electrons. The van der Waals surface area contributed by atoms with Gasteiger partial charge in [-0.1, -0.05) is 6.07 Å². The average Bonchev–Trinajstić information content (AvgIpc) is 3.13. The van der Waals surface area contributed by atoms with Gasteiger partial charge in [-0.05, 0) is 29.8 Å². The topological polar surface area (TPSA) is 111 Å². The number of carbonyl (C=O) groups excluding carboxylic acids is 1. The van der Waals surface area contributed by atoms with Crippen LogP contribution >= 0.6 is 0 Å². The van der Waals surface area contributed by atoms with Gasteiger partial charge in [-0.2, -0.15) is 5.26 Å². The normalized spacial score (nSPS) is 23.3. The Kier molecular flexibility index (Phi) is 4.53. The first kappa shape index (κ1) is 18.1. The highest BCUT2D eigenvalue weighted by Gasteiger charge is 2.50. The highest BCUT2D eigenvalue weighted by Crippen LogP contribution is 2.43. The van der Waals surface area contributed by atoms with E-state index in [9.17, 15) is 9.18 Å². The van der Waals surface area contributed by atoms with Crippen molar-refractivity contribution >= 4 is 11.8 Å². The monoisotopic (exact) mass is 380 g/mol. The number of Topliss-reactive ketones (excluding diaryl/α,β-unsaturated/α-hetero) is 1. The van der Waals surface area contributed by atoms with Gasteiger partial charge in [-0.25, -0.2) is 9.38 Å². The lowest BCUT2D eigenvalue weighted by Crippen LogP contribution is -2.45. The molecule has 0 aliphatic carbocycles. The van der Waals surface area contributed by atoms with Crippen LogP contribution in [0, 0.1) is 17.1 Å². The lowest BCUT2D eigenvalue weighted by Gasteiger charge is -2.34. The van der Waals surface area contributed by atoms with Crippen molar-refractivity contribution in [3.8, 4) is 6.07 Å². The van der Waals surface area contributed by atoms with Crippen molar-refractivity contribution in [2.75, 3.05) is 13.2 Å². The summed E-state index contributed by atoms with van der Waals surface area (Å²) in [4.78, 5) is 20.9. The molecule has 0 spiro atoms. The Morgan fingerprint density at radius 1 is 1.39 bits per heavy atom. The number of hydrogen-bond donors (Lipinski definition) is 1. The summed E-state index contributed by atoms with van der Waals surface area (Å²) in [5.41, 5.74) is 6.40. The summed E-state index contributed by atoms with van der Waals surface area (Å²) in [6.07, 6.45) is 1.44. The molecule has 1 saturated heterocycles. The standard InChI is InChI=1S/C20H17FN4O3/c21-15-3-1-12(8-17(26)16-4-2-13(9-22)10-24-16)7-14(15)20-5-6-27-18(20)11-28-19(23)25-20/h1-4,7,10,18H,5-6,8,11H2,(H2,23,25)/t18-,20+/m1/s1. The molecule has 2 N–H and O–H groups in total. The van der Waals surface area contributed by atoms with E-state index < -0.39 is 17.5 Å². The quantitative estimate of drug-likeness (QED) is 0.811. The molecule has 142 valence electrons. The van der Waals surface area contributed by atoms with Crippen LogP contribution in [0.4, 0.5) is 4.39 Å². The number of nitriles is 1. The van der Waals surface area contributed by atoms with Gasteiger partial charge in [-0.3, -0.25) is 9.78 Å². The van der Waals surface area contributed by atoms with Gasteiger partial charge in [0.05, 0.1) is 12.2 Å². The zero-order valence-corrected chi connectivity index (χ0v) is 14.9. The van der Waals surface area contributed by atoms with Crippen LogP contribution in [0.5, 0.6) is 0 Å². The van der Waals surface area contributed by atoms with Gasteiger partial charge in [-0.15, -0.1) is 0 Å². The minimum absolute atomic E-state index is 0.00409. The van der Waals surface area contributed by atoms with Crippen molar-refractivity contribution in [1.82, 2.24) is 4.98 Å². The number of aliphatic imine (C=N–C) groups is 1. The van der Waals surface area contributed by atoms with Crippen molar-refractivity contribution in [2.24, 2.45) is 10.7 Å². The van der Waals surface area contributed by atoms with Gasteiger partial charge in [0.15, 0.2) is 5.78 Å². The van der Waals surface area contributed by atoms with Crippen LogP contribution in [0.25, 0.3) is 0 Å². The number of carbonyl (C=O) groups is 1. The van der Waals surface area contributed by atoms with E-state index >= 15 is 0 Å². The predicted molar refractivity (Wildman–Crippen MR) is 97.0 cm³/mol. The van der Waals surface area contributed by atoms with Crippen molar-refractivity contribution in [2.45, 2.75) is 24.5 Å². The minimum Gasteiger partial charge on any atom is -0.463 e. The third-order valence-electron chi connectivity index (χ3n) is 5.07. The zero-order valence-electron chi connectivity index (χ0n) is 14.9. The highest BCUT2D eigenvalue weighted by atomic mass is 19.1. The maximum Gasteiger partial charge on any atom is 0.283 e. The second kappa shape index (κ2) is 7.02. The number of nitrogens with two attached hydrogens (primary N) is 1. The van der Waals surface area contributed by atoms with Crippen molar-refractivity contribution in [1.29, 1.82) is 5.26 Å². The van der Waals surface area contributed by atoms with Crippen LogP contribution in [0.15, 0.2) is 41.5 Å². The average molecular weight is 380 g/mol. The second-order valence-electron chi connectivity index (χ2n) is 6.75. The van der Waals surface area contributed by atoms with Crippen molar-refractivity contribution in [3.05, 3.63) is 64.7 Å². The van der Waals surface area contributed by atoms with Gasteiger partial charge < -0.3 is 15.2 Å². The number of aromatic nitrogens is 1. The van der Waals surface area contributed by atoms with E-state index in [1.54, 1.807) is 12.1 Å². The van der Waals surface area contributed by atoms with E-state index in [0.717, 1.165) is 0 Å². The Morgan fingerprint density at radius 3 is 3.00 bits per heavy atom. The largest absolute Gasteiger partial charge is 0.463 e. The molecule has 4 rings (SSSR count). The Bertz CT molecular complexity index is 1000. The zero-order chi connectivity index (χ0) is 19.7. The summed E-state index contributed by atoms with van der Waals surface area (Å²) in [5.74, 6) is -0.657. The lowest BCUT2D eigenvalue weighted by atomic mass is 9.82. The number of pyridine rings is 1. The van der Waals surface area contributed by atoms with Crippen LogP contribution in [-0.2, 0) is 21.4 Å². The molecule has 2 aliphatic rings. The third-order valence-corrected chi connectivity index (χ3v) is 5.07. The second-order valence-corrected chi connectivity index (χ2v) is 6.75. The number of hydrogen-bond acceptors (Lipinski definition) is 7. The first-order chi connectivity index (χ1) is 13.5. The Balaban J connectivity index is 1.65. The molecule has 0 bridgehead atoms.